The Balaban J connectivity index is 2.15. The maximum Gasteiger partial charge on any atom is 0.139 e. The topological polar surface area (TPSA) is 40.5 Å². The highest BCUT2D eigenvalue weighted by molar-refractivity contribution is 6.84. The first kappa shape index (κ1) is 23.7. The van der Waals surface area contributed by atoms with Crippen LogP contribution in [0.25, 0.3) is 32.7 Å². The molecule has 0 saturated heterocycles. The summed E-state index contributed by atoms with van der Waals surface area (Å²) in [5.41, 5.74) is 9.11. The lowest BCUT2D eigenvalue weighted by Crippen LogP contribution is -2.16. The highest BCUT2D eigenvalue weighted by atomic mass is 28.3. The summed E-state index contributed by atoms with van der Waals surface area (Å²) in [6.07, 6.45) is 0. The predicted molar refractivity (Wildman–Crippen MR) is 151 cm³/mol. The van der Waals surface area contributed by atoms with Gasteiger partial charge in [-0.05, 0) is 33.7 Å². The lowest BCUT2D eigenvalue weighted by atomic mass is 9.89. The van der Waals surface area contributed by atoms with Crippen LogP contribution in [0.4, 0.5) is 0 Å². The van der Waals surface area contributed by atoms with Gasteiger partial charge in [0.2, 0.25) is 0 Å². The maximum atomic E-state index is 11.5. The van der Waals surface area contributed by atoms with Gasteiger partial charge in [-0.25, -0.2) is 0 Å². The lowest BCUT2D eigenvalue weighted by Gasteiger charge is -2.17. The molecule has 0 aliphatic rings. The molecule has 4 heteroatoms. The molecule has 0 heterocycles. The largest absolute Gasteiger partial charge is 0.506 e. The number of fused-ring (bicyclic) bond motifs is 2. The van der Waals surface area contributed by atoms with Crippen LogP contribution in [0, 0.1) is 22.9 Å². The zero-order chi connectivity index (χ0) is 24.7. The molecule has 0 spiro atoms. The van der Waals surface area contributed by atoms with Gasteiger partial charge in [-0.1, -0.05) is 99.7 Å². The molecule has 0 atom stereocenters. The standard InChI is InChI=1S/C30H30O2Si2/c1-33(2,3)17-15-23-19-21-11-7-9-13-25(21)27(29(23)31)28-26-14-10-8-12-22(26)20-24(30(28)32)16-18-34(4,5)6/h7-14,19-20,31-32H,1-6H3. The first-order chi connectivity index (χ1) is 15.9. The van der Waals surface area contributed by atoms with Crippen LogP contribution >= 0.6 is 0 Å². The molecule has 0 unspecified atom stereocenters. The van der Waals surface area contributed by atoms with Crippen molar-refractivity contribution in [1.82, 2.24) is 0 Å². The van der Waals surface area contributed by atoms with Gasteiger partial charge in [0.15, 0.2) is 0 Å². The molecule has 0 bridgehead atoms. The fourth-order valence-electron chi connectivity index (χ4n) is 3.88. The molecule has 2 N–H and O–H groups in total. The second-order valence-corrected chi connectivity index (χ2v) is 20.2. The molecule has 170 valence electrons. The third-order valence-corrected chi connectivity index (χ3v) is 7.19. The minimum absolute atomic E-state index is 0.0974. The lowest BCUT2D eigenvalue weighted by molar-refractivity contribution is 0.468. The Hall–Kier alpha value is -3.45. The van der Waals surface area contributed by atoms with Crippen LogP contribution in [0.2, 0.25) is 39.3 Å². The van der Waals surface area contributed by atoms with Gasteiger partial charge in [0, 0.05) is 11.1 Å². The average Bonchev–Trinajstić information content (AvgIpc) is 2.76. The minimum atomic E-state index is -1.66. The van der Waals surface area contributed by atoms with E-state index in [0.29, 0.717) is 22.3 Å². The second kappa shape index (κ2) is 8.72. The molecule has 0 aliphatic carbocycles. The minimum Gasteiger partial charge on any atom is -0.506 e. The number of benzene rings is 4. The molecule has 4 aromatic rings. The molecule has 0 aromatic heterocycles. The molecule has 0 saturated carbocycles. The van der Waals surface area contributed by atoms with Crippen LogP contribution in [0.3, 0.4) is 0 Å². The fourth-order valence-corrected chi connectivity index (χ4v) is 4.90. The van der Waals surface area contributed by atoms with E-state index in [-0.39, 0.29) is 11.5 Å². The van der Waals surface area contributed by atoms with Crippen LogP contribution in [0.1, 0.15) is 11.1 Å². The van der Waals surface area contributed by atoms with E-state index in [1.807, 2.05) is 60.7 Å². The molecule has 2 nitrogen and oxygen atoms in total. The molecule has 4 rings (SSSR count). The molecule has 4 aromatic carbocycles. The number of hydrogen-bond acceptors (Lipinski definition) is 2. The summed E-state index contributed by atoms with van der Waals surface area (Å²) in [4.78, 5) is 0. The third kappa shape index (κ3) is 4.89. The van der Waals surface area contributed by atoms with Crippen molar-refractivity contribution in [3.05, 3.63) is 71.8 Å². The van der Waals surface area contributed by atoms with Crippen molar-refractivity contribution in [3.63, 3.8) is 0 Å². The van der Waals surface area contributed by atoms with Crippen molar-refractivity contribution >= 4 is 37.7 Å². The average molecular weight is 479 g/mol. The first-order valence-corrected chi connectivity index (χ1v) is 18.5. The zero-order valence-corrected chi connectivity index (χ0v) is 22.7. The van der Waals surface area contributed by atoms with Crippen LogP contribution in [-0.2, 0) is 0 Å². The van der Waals surface area contributed by atoms with Crippen LogP contribution in [0.15, 0.2) is 60.7 Å². The zero-order valence-electron chi connectivity index (χ0n) is 20.7. The van der Waals surface area contributed by atoms with E-state index in [0.717, 1.165) is 21.5 Å². The van der Waals surface area contributed by atoms with E-state index in [1.165, 1.54) is 0 Å². The summed E-state index contributed by atoms with van der Waals surface area (Å²) < 4.78 is 0. The van der Waals surface area contributed by atoms with Crippen molar-refractivity contribution in [3.8, 4) is 45.6 Å². The van der Waals surface area contributed by atoms with Crippen LogP contribution in [0.5, 0.6) is 11.5 Å². The van der Waals surface area contributed by atoms with E-state index in [4.69, 9.17) is 0 Å². The highest BCUT2D eigenvalue weighted by Crippen LogP contribution is 2.47. The number of rotatable bonds is 1. The number of phenols is 2. The summed E-state index contributed by atoms with van der Waals surface area (Å²) in [6.45, 7) is 13.1. The van der Waals surface area contributed by atoms with Gasteiger partial charge in [0.25, 0.3) is 0 Å². The van der Waals surface area contributed by atoms with E-state index >= 15 is 0 Å². The summed E-state index contributed by atoms with van der Waals surface area (Å²) in [6, 6.07) is 19.7. The van der Waals surface area contributed by atoms with E-state index in [9.17, 15) is 10.2 Å². The monoisotopic (exact) mass is 478 g/mol. The van der Waals surface area contributed by atoms with Crippen LogP contribution < -0.4 is 0 Å². The number of phenolic OH excluding ortho intramolecular Hbond substituents is 2. The Morgan fingerprint density at radius 1 is 0.559 bits per heavy atom. The Morgan fingerprint density at radius 3 is 1.26 bits per heavy atom. The molecule has 0 aliphatic heterocycles. The molecule has 34 heavy (non-hydrogen) atoms. The summed E-state index contributed by atoms with van der Waals surface area (Å²) in [5, 5.41) is 26.8. The molecule has 0 radical (unpaired) electrons. The number of aromatic hydroxyl groups is 2. The van der Waals surface area contributed by atoms with Gasteiger partial charge in [0.1, 0.15) is 27.6 Å². The molecular formula is C30H30O2Si2. The van der Waals surface area contributed by atoms with Crippen molar-refractivity contribution in [1.29, 1.82) is 0 Å². The van der Waals surface area contributed by atoms with Gasteiger partial charge < -0.3 is 10.2 Å². The van der Waals surface area contributed by atoms with Crippen molar-refractivity contribution in [2.45, 2.75) is 39.3 Å². The van der Waals surface area contributed by atoms with E-state index in [2.05, 4.69) is 62.2 Å². The molecule has 0 amide bonds. The Bertz CT molecular complexity index is 1430. The van der Waals surface area contributed by atoms with Crippen molar-refractivity contribution in [2.75, 3.05) is 0 Å². The van der Waals surface area contributed by atoms with Gasteiger partial charge in [-0.3, -0.25) is 0 Å². The first-order valence-electron chi connectivity index (χ1n) is 11.5. The van der Waals surface area contributed by atoms with E-state index < -0.39 is 16.1 Å². The molecular weight excluding hydrogens is 449 g/mol. The fraction of sp³-hybridized carbons (Fsp3) is 0.200. The summed E-state index contributed by atoms with van der Waals surface area (Å²) in [7, 11) is -3.31. The summed E-state index contributed by atoms with van der Waals surface area (Å²) >= 11 is 0. The van der Waals surface area contributed by atoms with Gasteiger partial charge in [0.05, 0.1) is 11.1 Å². The van der Waals surface area contributed by atoms with Gasteiger partial charge >= 0.3 is 0 Å². The second-order valence-electron chi connectivity index (χ2n) is 10.7. The van der Waals surface area contributed by atoms with Crippen molar-refractivity contribution in [2.24, 2.45) is 0 Å². The maximum absolute atomic E-state index is 11.5. The Morgan fingerprint density at radius 2 is 0.912 bits per heavy atom. The quantitative estimate of drug-likeness (QED) is 0.219. The third-order valence-electron chi connectivity index (χ3n) is 5.44. The molecule has 0 fully saturated rings. The van der Waals surface area contributed by atoms with Gasteiger partial charge in [-0.2, -0.15) is 0 Å². The van der Waals surface area contributed by atoms with E-state index in [1.54, 1.807) is 0 Å². The van der Waals surface area contributed by atoms with Crippen molar-refractivity contribution < 1.29 is 10.2 Å². The SMILES string of the molecule is C[Si](C)(C)C#Cc1cc2ccccc2c(-c2c(O)c(C#C[Si](C)(C)C)cc3ccccc23)c1O. The normalized spacial score (nSPS) is 11.6. The Kier molecular flexibility index (Phi) is 6.08. The highest BCUT2D eigenvalue weighted by Gasteiger charge is 2.21. The summed E-state index contributed by atoms with van der Waals surface area (Å²) in [5.74, 6) is 6.67. The Labute approximate surface area is 204 Å². The predicted octanol–water partition coefficient (Wildman–Crippen LogP) is 7.53. The van der Waals surface area contributed by atoms with Crippen LogP contribution in [-0.4, -0.2) is 26.4 Å². The van der Waals surface area contributed by atoms with Gasteiger partial charge in [-0.15, -0.1) is 11.1 Å². The number of hydrogen-bond donors (Lipinski definition) is 2. The smallest absolute Gasteiger partial charge is 0.139 e.